The molecule has 0 unspecified atom stereocenters. The van der Waals surface area contributed by atoms with Crippen LogP contribution < -0.4 is 14.8 Å². The SMILES string of the molecule is COc1ccc(C(=O)Nc2cc(CN3CCOCC3)ccc2C)c(OC(C)C)c1. The molecular formula is C23H30N2O4. The number of ether oxygens (including phenoxy) is 3. The third kappa shape index (κ3) is 5.71. The first-order valence-electron chi connectivity index (χ1n) is 10.0. The third-order valence-electron chi connectivity index (χ3n) is 4.86. The Morgan fingerprint density at radius 2 is 1.93 bits per heavy atom. The van der Waals surface area contributed by atoms with Crippen molar-refractivity contribution in [3.05, 3.63) is 53.1 Å². The monoisotopic (exact) mass is 398 g/mol. The molecule has 0 bridgehead atoms. The predicted octanol–water partition coefficient (Wildman–Crippen LogP) is 3.88. The molecule has 1 heterocycles. The third-order valence-corrected chi connectivity index (χ3v) is 4.86. The van der Waals surface area contributed by atoms with Gasteiger partial charge in [-0.15, -0.1) is 0 Å². The number of amides is 1. The molecule has 1 N–H and O–H groups in total. The maximum Gasteiger partial charge on any atom is 0.259 e. The van der Waals surface area contributed by atoms with Crippen LogP contribution in [0.1, 0.15) is 35.3 Å². The van der Waals surface area contributed by atoms with Crippen LogP contribution >= 0.6 is 0 Å². The Bertz CT molecular complexity index is 845. The highest BCUT2D eigenvalue weighted by Gasteiger charge is 2.17. The summed E-state index contributed by atoms with van der Waals surface area (Å²) in [6.07, 6.45) is -0.0488. The highest BCUT2D eigenvalue weighted by Crippen LogP contribution is 2.27. The summed E-state index contributed by atoms with van der Waals surface area (Å²) in [5.41, 5.74) is 3.48. The molecule has 0 spiro atoms. The van der Waals surface area contributed by atoms with Gasteiger partial charge in [-0.2, -0.15) is 0 Å². The summed E-state index contributed by atoms with van der Waals surface area (Å²) >= 11 is 0. The van der Waals surface area contributed by atoms with Gasteiger partial charge in [-0.05, 0) is 50.1 Å². The van der Waals surface area contributed by atoms with Gasteiger partial charge in [0, 0.05) is 31.4 Å². The number of morpholine rings is 1. The number of hydrogen-bond donors (Lipinski definition) is 1. The van der Waals surface area contributed by atoms with E-state index in [-0.39, 0.29) is 12.0 Å². The van der Waals surface area contributed by atoms with E-state index < -0.39 is 0 Å². The second-order valence-electron chi connectivity index (χ2n) is 7.52. The van der Waals surface area contributed by atoms with Gasteiger partial charge in [0.2, 0.25) is 0 Å². The fraction of sp³-hybridized carbons (Fsp3) is 0.435. The van der Waals surface area contributed by atoms with E-state index in [4.69, 9.17) is 14.2 Å². The second-order valence-corrected chi connectivity index (χ2v) is 7.52. The molecule has 0 aliphatic carbocycles. The van der Waals surface area contributed by atoms with Crippen LogP contribution in [0.2, 0.25) is 0 Å². The van der Waals surface area contributed by atoms with Gasteiger partial charge in [0.1, 0.15) is 11.5 Å². The van der Waals surface area contributed by atoms with Gasteiger partial charge in [0.05, 0.1) is 32.0 Å². The molecule has 0 aromatic heterocycles. The zero-order valence-corrected chi connectivity index (χ0v) is 17.7. The molecule has 6 nitrogen and oxygen atoms in total. The molecule has 1 aliphatic rings. The van der Waals surface area contributed by atoms with Crippen molar-refractivity contribution in [3.8, 4) is 11.5 Å². The zero-order chi connectivity index (χ0) is 20.8. The summed E-state index contributed by atoms with van der Waals surface area (Å²) in [6, 6.07) is 11.5. The quantitative estimate of drug-likeness (QED) is 0.767. The normalized spacial score (nSPS) is 14.7. The van der Waals surface area contributed by atoms with E-state index in [1.54, 1.807) is 25.3 Å². The first kappa shape index (κ1) is 21.1. The topological polar surface area (TPSA) is 60.0 Å². The Morgan fingerprint density at radius 3 is 2.62 bits per heavy atom. The molecule has 156 valence electrons. The van der Waals surface area contributed by atoms with E-state index in [0.717, 1.165) is 44.1 Å². The van der Waals surface area contributed by atoms with Crippen molar-refractivity contribution in [1.82, 2.24) is 4.90 Å². The predicted molar refractivity (Wildman–Crippen MR) is 114 cm³/mol. The Hall–Kier alpha value is -2.57. The summed E-state index contributed by atoms with van der Waals surface area (Å²) < 4.78 is 16.5. The second kappa shape index (κ2) is 9.76. The van der Waals surface area contributed by atoms with Crippen molar-refractivity contribution in [1.29, 1.82) is 0 Å². The molecule has 1 amide bonds. The van der Waals surface area contributed by atoms with Crippen LogP contribution in [0.5, 0.6) is 11.5 Å². The van der Waals surface area contributed by atoms with Crippen LogP contribution in [-0.4, -0.2) is 50.3 Å². The van der Waals surface area contributed by atoms with E-state index in [2.05, 4.69) is 22.3 Å². The van der Waals surface area contributed by atoms with Crippen molar-refractivity contribution >= 4 is 11.6 Å². The molecule has 2 aromatic rings. The van der Waals surface area contributed by atoms with Crippen molar-refractivity contribution in [2.75, 3.05) is 38.7 Å². The average Bonchev–Trinajstić information content (AvgIpc) is 2.70. The number of nitrogens with zero attached hydrogens (tertiary/aromatic N) is 1. The number of anilines is 1. The summed E-state index contributed by atoms with van der Waals surface area (Å²) in [5.74, 6) is 0.967. The Labute approximate surface area is 172 Å². The minimum Gasteiger partial charge on any atom is -0.497 e. The van der Waals surface area contributed by atoms with E-state index in [1.807, 2.05) is 26.8 Å². The van der Waals surface area contributed by atoms with Crippen molar-refractivity contribution in [2.45, 2.75) is 33.4 Å². The average molecular weight is 399 g/mol. The zero-order valence-electron chi connectivity index (χ0n) is 17.7. The van der Waals surface area contributed by atoms with Crippen LogP contribution in [0, 0.1) is 6.92 Å². The number of methoxy groups -OCH3 is 1. The molecule has 0 saturated carbocycles. The number of hydrogen-bond acceptors (Lipinski definition) is 5. The highest BCUT2D eigenvalue weighted by atomic mass is 16.5. The number of aryl methyl sites for hydroxylation is 1. The fourth-order valence-corrected chi connectivity index (χ4v) is 3.28. The van der Waals surface area contributed by atoms with Gasteiger partial charge in [-0.1, -0.05) is 12.1 Å². The first-order chi connectivity index (χ1) is 14.0. The first-order valence-corrected chi connectivity index (χ1v) is 10.0. The van der Waals surface area contributed by atoms with Gasteiger partial charge in [-0.25, -0.2) is 0 Å². The lowest BCUT2D eigenvalue weighted by atomic mass is 10.1. The van der Waals surface area contributed by atoms with Crippen LogP contribution in [0.3, 0.4) is 0 Å². The lowest BCUT2D eigenvalue weighted by Crippen LogP contribution is -2.35. The van der Waals surface area contributed by atoms with Crippen LogP contribution in [-0.2, 0) is 11.3 Å². The summed E-state index contributed by atoms with van der Waals surface area (Å²) in [7, 11) is 1.59. The Kier molecular flexibility index (Phi) is 7.12. The molecule has 1 aliphatic heterocycles. The fourth-order valence-electron chi connectivity index (χ4n) is 3.28. The van der Waals surface area contributed by atoms with Crippen LogP contribution in [0.15, 0.2) is 36.4 Å². The Balaban J connectivity index is 1.78. The molecule has 29 heavy (non-hydrogen) atoms. The van der Waals surface area contributed by atoms with Crippen molar-refractivity contribution in [3.63, 3.8) is 0 Å². The summed E-state index contributed by atoms with van der Waals surface area (Å²) in [6.45, 7) is 10.1. The minimum absolute atomic E-state index is 0.0488. The molecule has 0 radical (unpaired) electrons. The molecule has 2 aromatic carbocycles. The van der Waals surface area contributed by atoms with E-state index in [9.17, 15) is 4.79 Å². The highest BCUT2D eigenvalue weighted by molar-refractivity contribution is 6.06. The largest absolute Gasteiger partial charge is 0.497 e. The number of carbonyl (C=O) groups is 1. The van der Waals surface area contributed by atoms with Crippen LogP contribution in [0.4, 0.5) is 5.69 Å². The van der Waals surface area contributed by atoms with Gasteiger partial charge in [0.15, 0.2) is 0 Å². The molecular weight excluding hydrogens is 368 g/mol. The van der Waals surface area contributed by atoms with Crippen molar-refractivity contribution < 1.29 is 19.0 Å². The van der Waals surface area contributed by atoms with Gasteiger partial charge < -0.3 is 19.5 Å². The van der Waals surface area contributed by atoms with Crippen molar-refractivity contribution in [2.24, 2.45) is 0 Å². The number of benzene rings is 2. The Morgan fingerprint density at radius 1 is 1.17 bits per heavy atom. The molecule has 6 heteroatoms. The summed E-state index contributed by atoms with van der Waals surface area (Å²) in [4.78, 5) is 15.4. The molecule has 1 fully saturated rings. The van der Waals surface area contributed by atoms with E-state index in [0.29, 0.717) is 17.1 Å². The maximum atomic E-state index is 13.0. The van der Waals surface area contributed by atoms with E-state index >= 15 is 0 Å². The number of nitrogens with one attached hydrogen (secondary N) is 1. The lowest BCUT2D eigenvalue weighted by molar-refractivity contribution is 0.0342. The summed E-state index contributed by atoms with van der Waals surface area (Å²) in [5, 5.41) is 3.05. The minimum atomic E-state index is -0.199. The van der Waals surface area contributed by atoms with Gasteiger partial charge in [-0.3, -0.25) is 9.69 Å². The standard InChI is InChI=1S/C23H30N2O4/c1-16(2)29-22-14-19(27-4)7-8-20(22)23(26)24-21-13-18(6-5-17(21)3)15-25-9-11-28-12-10-25/h5-8,13-14,16H,9-12,15H2,1-4H3,(H,24,26). The van der Waals surface area contributed by atoms with Gasteiger partial charge >= 0.3 is 0 Å². The smallest absolute Gasteiger partial charge is 0.259 e. The van der Waals surface area contributed by atoms with Gasteiger partial charge in [0.25, 0.3) is 5.91 Å². The molecule has 0 atom stereocenters. The van der Waals surface area contributed by atoms with E-state index in [1.165, 1.54) is 5.56 Å². The molecule has 1 saturated heterocycles. The number of carbonyl (C=O) groups excluding carboxylic acids is 1. The number of rotatable bonds is 7. The van der Waals surface area contributed by atoms with Crippen LogP contribution in [0.25, 0.3) is 0 Å². The maximum absolute atomic E-state index is 13.0. The lowest BCUT2D eigenvalue weighted by Gasteiger charge is -2.26. The molecule has 3 rings (SSSR count).